The van der Waals surface area contributed by atoms with Crippen molar-refractivity contribution in [2.24, 2.45) is 0 Å². The third kappa shape index (κ3) is 3.98. The van der Waals surface area contributed by atoms with Gasteiger partial charge in [0.1, 0.15) is 5.69 Å². The van der Waals surface area contributed by atoms with Gasteiger partial charge in [0.25, 0.3) is 5.69 Å². The van der Waals surface area contributed by atoms with Gasteiger partial charge in [-0.3, -0.25) is 19.7 Å². The monoisotopic (exact) mass is 296 g/mol. The highest BCUT2D eigenvalue weighted by molar-refractivity contribution is 6.00. The molecule has 0 aliphatic heterocycles. The van der Waals surface area contributed by atoms with Crippen LogP contribution in [-0.2, 0) is 19.1 Å². The van der Waals surface area contributed by atoms with Crippen LogP contribution in [0, 0.1) is 17.0 Å². The number of esters is 2. The number of nitrogens with zero attached hydrogens (tertiary/aromatic N) is 2. The molecule has 0 aliphatic rings. The summed E-state index contributed by atoms with van der Waals surface area (Å²) in [5.41, 5.74) is -0.0173. The molecule has 0 aromatic carbocycles. The van der Waals surface area contributed by atoms with E-state index in [1.807, 2.05) is 0 Å². The SMILES string of the molecule is CCOC(=O)C(C(=O)OCC)c1ccc([N+](=O)[O-])c(C)n1. The number of aromatic nitrogens is 1. The molecule has 1 aromatic heterocycles. The number of nitro groups is 1. The molecule has 1 aromatic rings. The zero-order chi connectivity index (χ0) is 16.0. The Bertz CT molecular complexity index is 540. The number of hydrogen-bond donors (Lipinski definition) is 0. The molecule has 0 amide bonds. The van der Waals surface area contributed by atoms with E-state index in [-0.39, 0.29) is 30.3 Å². The van der Waals surface area contributed by atoms with E-state index in [0.717, 1.165) is 0 Å². The summed E-state index contributed by atoms with van der Waals surface area (Å²) in [6.07, 6.45) is 0. The summed E-state index contributed by atoms with van der Waals surface area (Å²) < 4.78 is 9.66. The van der Waals surface area contributed by atoms with Gasteiger partial charge in [-0.2, -0.15) is 0 Å². The van der Waals surface area contributed by atoms with E-state index in [1.165, 1.54) is 19.1 Å². The molecular weight excluding hydrogens is 280 g/mol. The van der Waals surface area contributed by atoms with Gasteiger partial charge in [-0.25, -0.2) is 4.98 Å². The number of rotatable bonds is 6. The molecule has 0 aliphatic carbocycles. The van der Waals surface area contributed by atoms with Crippen molar-refractivity contribution in [3.8, 4) is 0 Å². The molecule has 0 bridgehead atoms. The average molecular weight is 296 g/mol. The summed E-state index contributed by atoms with van der Waals surface area (Å²) in [6, 6.07) is 2.45. The third-order valence-corrected chi connectivity index (χ3v) is 2.62. The Kier molecular flexibility index (Phi) is 5.77. The van der Waals surface area contributed by atoms with E-state index in [9.17, 15) is 19.7 Å². The Hall–Kier alpha value is -2.51. The first-order valence-electron chi connectivity index (χ1n) is 6.37. The van der Waals surface area contributed by atoms with Crippen LogP contribution in [0.1, 0.15) is 31.2 Å². The second kappa shape index (κ2) is 7.32. The predicted octanol–water partition coefficient (Wildman–Crippen LogP) is 1.51. The lowest BCUT2D eigenvalue weighted by atomic mass is 10.0. The molecule has 0 saturated heterocycles. The smallest absolute Gasteiger partial charge is 0.326 e. The minimum Gasteiger partial charge on any atom is -0.465 e. The zero-order valence-corrected chi connectivity index (χ0v) is 12.0. The van der Waals surface area contributed by atoms with E-state index in [1.54, 1.807) is 13.8 Å². The molecule has 8 nitrogen and oxygen atoms in total. The third-order valence-electron chi connectivity index (χ3n) is 2.62. The largest absolute Gasteiger partial charge is 0.465 e. The van der Waals surface area contributed by atoms with Crippen LogP contribution in [0.3, 0.4) is 0 Å². The van der Waals surface area contributed by atoms with Crippen LogP contribution in [0.4, 0.5) is 5.69 Å². The molecule has 0 atom stereocenters. The first-order chi connectivity index (χ1) is 9.92. The van der Waals surface area contributed by atoms with Crippen LogP contribution in [0.2, 0.25) is 0 Å². The normalized spacial score (nSPS) is 10.3. The molecule has 0 saturated carbocycles. The van der Waals surface area contributed by atoms with Gasteiger partial charge in [0.05, 0.1) is 23.8 Å². The number of pyridine rings is 1. The van der Waals surface area contributed by atoms with Crippen molar-refractivity contribution in [2.75, 3.05) is 13.2 Å². The van der Waals surface area contributed by atoms with Crippen molar-refractivity contribution in [1.82, 2.24) is 4.98 Å². The van der Waals surface area contributed by atoms with Crippen molar-refractivity contribution in [3.05, 3.63) is 33.6 Å². The number of carbonyl (C=O) groups excluding carboxylic acids is 2. The highest BCUT2D eigenvalue weighted by Crippen LogP contribution is 2.22. The van der Waals surface area contributed by atoms with Crippen molar-refractivity contribution in [1.29, 1.82) is 0 Å². The maximum absolute atomic E-state index is 11.9. The van der Waals surface area contributed by atoms with Crippen LogP contribution in [-0.4, -0.2) is 35.1 Å². The molecule has 0 radical (unpaired) electrons. The minimum absolute atomic E-state index is 0.0648. The Morgan fingerprint density at radius 2 is 1.76 bits per heavy atom. The van der Waals surface area contributed by atoms with Crippen molar-refractivity contribution in [2.45, 2.75) is 26.7 Å². The highest BCUT2D eigenvalue weighted by atomic mass is 16.6. The van der Waals surface area contributed by atoms with Gasteiger partial charge in [-0.05, 0) is 26.8 Å². The van der Waals surface area contributed by atoms with Gasteiger partial charge in [-0.15, -0.1) is 0 Å². The Balaban J connectivity index is 3.19. The van der Waals surface area contributed by atoms with Crippen LogP contribution in [0.15, 0.2) is 12.1 Å². The molecule has 0 fully saturated rings. The fourth-order valence-electron chi connectivity index (χ4n) is 1.72. The van der Waals surface area contributed by atoms with Gasteiger partial charge >= 0.3 is 11.9 Å². The van der Waals surface area contributed by atoms with Crippen LogP contribution in [0.5, 0.6) is 0 Å². The lowest BCUT2D eigenvalue weighted by Gasteiger charge is -2.14. The molecule has 21 heavy (non-hydrogen) atoms. The van der Waals surface area contributed by atoms with Crippen molar-refractivity contribution < 1.29 is 24.0 Å². The van der Waals surface area contributed by atoms with Crippen LogP contribution in [0.25, 0.3) is 0 Å². The molecule has 1 heterocycles. The van der Waals surface area contributed by atoms with E-state index in [0.29, 0.717) is 0 Å². The van der Waals surface area contributed by atoms with Gasteiger partial charge in [0.15, 0.2) is 5.92 Å². The van der Waals surface area contributed by atoms with E-state index in [2.05, 4.69) is 4.98 Å². The summed E-state index contributed by atoms with van der Waals surface area (Å²) in [7, 11) is 0. The lowest BCUT2D eigenvalue weighted by Crippen LogP contribution is -2.27. The van der Waals surface area contributed by atoms with Gasteiger partial charge in [-0.1, -0.05) is 0 Å². The Labute approximate surface area is 121 Å². The molecule has 0 N–H and O–H groups in total. The Morgan fingerprint density at radius 3 is 2.14 bits per heavy atom. The molecule has 0 unspecified atom stereocenters. The first-order valence-corrected chi connectivity index (χ1v) is 6.37. The van der Waals surface area contributed by atoms with E-state index in [4.69, 9.17) is 9.47 Å². The van der Waals surface area contributed by atoms with Gasteiger partial charge in [0.2, 0.25) is 0 Å². The maximum atomic E-state index is 11.9. The highest BCUT2D eigenvalue weighted by Gasteiger charge is 2.33. The zero-order valence-electron chi connectivity index (χ0n) is 12.0. The summed E-state index contributed by atoms with van der Waals surface area (Å²) in [5, 5.41) is 10.8. The topological polar surface area (TPSA) is 109 Å². The molecule has 1 rings (SSSR count). The van der Waals surface area contributed by atoms with Gasteiger partial charge in [0, 0.05) is 6.07 Å². The lowest BCUT2D eigenvalue weighted by molar-refractivity contribution is -0.385. The van der Waals surface area contributed by atoms with E-state index >= 15 is 0 Å². The number of aryl methyl sites for hydroxylation is 1. The second-order valence-electron chi connectivity index (χ2n) is 4.03. The molecule has 8 heteroatoms. The summed E-state index contributed by atoms with van der Waals surface area (Å²) in [4.78, 5) is 37.9. The quantitative estimate of drug-likeness (QED) is 0.338. The maximum Gasteiger partial charge on any atom is 0.326 e. The van der Waals surface area contributed by atoms with Crippen molar-refractivity contribution in [3.63, 3.8) is 0 Å². The number of hydrogen-bond acceptors (Lipinski definition) is 7. The summed E-state index contributed by atoms with van der Waals surface area (Å²) in [6.45, 7) is 4.83. The minimum atomic E-state index is -1.34. The van der Waals surface area contributed by atoms with Crippen LogP contribution >= 0.6 is 0 Å². The summed E-state index contributed by atoms with van der Waals surface area (Å²) in [5.74, 6) is -2.93. The van der Waals surface area contributed by atoms with Gasteiger partial charge < -0.3 is 9.47 Å². The van der Waals surface area contributed by atoms with Crippen LogP contribution < -0.4 is 0 Å². The fraction of sp³-hybridized carbons (Fsp3) is 0.462. The van der Waals surface area contributed by atoms with E-state index < -0.39 is 22.8 Å². The Morgan fingerprint density at radius 1 is 1.24 bits per heavy atom. The molecular formula is C13H16N2O6. The second-order valence-corrected chi connectivity index (χ2v) is 4.03. The van der Waals surface area contributed by atoms with Crippen molar-refractivity contribution >= 4 is 17.6 Å². The molecule has 114 valence electrons. The standard InChI is InChI=1S/C13H16N2O6/c1-4-20-12(16)11(13(17)21-5-2)9-6-7-10(15(18)19)8(3)14-9/h6-7,11H,4-5H2,1-3H3. The molecule has 0 spiro atoms. The predicted molar refractivity (Wildman–Crippen MR) is 71.6 cm³/mol. The fourth-order valence-corrected chi connectivity index (χ4v) is 1.72. The average Bonchev–Trinajstić information content (AvgIpc) is 2.39. The summed E-state index contributed by atoms with van der Waals surface area (Å²) >= 11 is 0. The number of ether oxygens (including phenoxy) is 2. The number of carbonyl (C=O) groups is 2. The first kappa shape index (κ1) is 16.5.